The van der Waals surface area contributed by atoms with Crippen molar-refractivity contribution in [3.63, 3.8) is 0 Å². The first-order valence-corrected chi connectivity index (χ1v) is 11.1. The highest BCUT2D eigenvalue weighted by atomic mass is 16.5. The molecule has 160 valence electrons. The van der Waals surface area contributed by atoms with Gasteiger partial charge in [0.25, 0.3) is 5.91 Å². The lowest BCUT2D eigenvalue weighted by Gasteiger charge is -2.30. The Morgan fingerprint density at radius 1 is 1.03 bits per heavy atom. The van der Waals surface area contributed by atoms with E-state index in [4.69, 9.17) is 9.47 Å². The summed E-state index contributed by atoms with van der Waals surface area (Å²) < 4.78 is 12.0. The fourth-order valence-electron chi connectivity index (χ4n) is 4.16. The molecule has 3 aromatic rings. The Morgan fingerprint density at radius 2 is 1.84 bits per heavy atom. The molecular formula is C26H28N2O3. The summed E-state index contributed by atoms with van der Waals surface area (Å²) in [7, 11) is 0. The monoisotopic (exact) mass is 416 g/mol. The van der Waals surface area contributed by atoms with Gasteiger partial charge in [-0.1, -0.05) is 54.6 Å². The minimum atomic E-state index is -0.386. The molecule has 1 heterocycles. The van der Waals surface area contributed by atoms with Gasteiger partial charge in [-0.2, -0.15) is 0 Å². The van der Waals surface area contributed by atoms with Crippen LogP contribution in [0.4, 0.5) is 0 Å². The summed E-state index contributed by atoms with van der Waals surface area (Å²) in [6.07, 6.45) is 1.75. The zero-order chi connectivity index (χ0) is 21.0. The van der Waals surface area contributed by atoms with Crippen molar-refractivity contribution < 1.29 is 14.3 Å². The summed E-state index contributed by atoms with van der Waals surface area (Å²) in [5.41, 5.74) is 2.22. The quantitative estimate of drug-likeness (QED) is 0.635. The van der Waals surface area contributed by atoms with E-state index < -0.39 is 0 Å². The van der Waals surface area contributed by atoms with Gasteiger partial charge in [-0.25, -0.2) is 0 Å². The fraction of sp³-hybridized carbons (Fsp3) is 0.346. The second-order valence-electron chi connectivity index (χ2n) is 8.35. The number of ether oxygens (including phenoxy) is 2. The smallest absolute Gasteiger partial charge is 0.253 e. The van der Waals surface area contributed by atoms with Crippen LogP contribution in [0.5, 0.6) is 5.75 Å². The fourth-order valence-corrected chi connectivity index (χ4v) is 4.16. The van der Waals surface area contributed by atoms with E-state index in [1.807, 2.05) is 35.2 Å². The first kappa shape index (κ1) is 20.0. The van der Waals surface area contributed by atoms with Crippen LogP contribution in [-0.2, 0) is 22.7 Å². The number of benzene rings is 3. The van der Waals surface area contributed by atoms with Crippen LogP contribution in [0, 0.1) is 0 Å². The maximum absolute atomic E-state index is 13.2. The van der Waals surface area contributed by atoms with Gasteiger partial charge in [-0.3, -0.25) is 4.79 Å². The van der Waals surface area contributed by atoms with Crippen LogP contribution in [-0.4, -0.2) is 42.6 Å². The molecule has 5 rings (SSSR count). The van der Waals surface area contributed by atoms with Crippen molar-refractivity contribution in [3.05, 3.63) is 77.9 Å². The van der Waals surface area contributed by atoms with E-state index in [1.165, 1.54) is 0 Å². The lowest BCUT2D eigenvalue weighted by molar-refractivity contribution is -0.146. The van der Waals surface area contributed by atoms with Gasteiger partial charge >= 0.3 is 0 Å². The van der Waals surface area contributed by atoms with Gasteiger partial charge in [-0.05, 0) is 41.5 Å². The molecule has 0 spiro atoms. The molecule has 5 heteroatoms. The van der Waals surface area contributed by atoms with Crippen molar-refractivity contribution in [3.8, 4) is 5.75 Å². The van der Waals surface area contributed by atoms with Crippen LogP contribution in [0.25, 0.3) is 10.8 Å². The molecule has 0 bridgehead atoms. The molecule has 5 nitrogen and oxygen atoms in total. The van der Waals surface area contributed by atoms with Crippen molar-refractivity contribution in [1.29, 1.82) is 0 Å². The number of nitrogens with zero attached hydrogens (tertiary/aromatic N) is 1. The van der Waals surface area contributed by atoms with Crippen molar-refractivity contribution in [2.45, 2.75) is 38.1 Å². The van der Waals surface area contributed by atoms with E-state index in [0.29, 0.717) is 32.3 Å². The van der Waals surface area contributed by atoms with Gasteiger partial charge < -0.3 is 19.7 Å². The highest BCUT2D eigenvalue weighted by Gasteiger charge is 2.36. The predicted octanol–water partition coefficient (Wildman–Crippen LogP) is 3.90. The number of fused-ring (bicyclic) bond motifs is 1. The Hall–Kier alpha value is -2.89. The standard InChI is InChI=1S/C26H28N2O3/c29-26(25-16-27-12-13-30-25)28(22-10-11-22)17-20-14-21-8-4-5-9-23(21)24(15-20)31-18-19-6-2-1-3-7-19/h1-9,14-15,22,25,27H,10-13,16-18H2/t25-/m1/s1. The van der Waals surface area contributed by atoms with Gasteiger partial charge in [0.2, 0.25) is 0 Å². The molecule has 31 heavy (non-hydrogen) atoms. The topological polar surface area (TPSA) is 50.8 Å². The largest absolute Gasteiger partial charge is 0.488 e. The van der Waals surface area contributed by atoms with Crippen LogP contribution in [0.1, 0.15) is 24.0 Å². The van der Waals surface area contributed by atoms with E-state index in [2.05, 4.69) is 41.7 Å². The third-order valence-corrected chi connectivity index (χ3v) is 5.95. The normalized spacial score (nSPS) is 18.6. The molecular weight excluding hydrogens is 388 g/mol. The first-order valence-electron chi connectivity index (χ1n) is 11.1. The van der Waals surface area contributed by atoms with Crippen molar-refractivity contribution >= 4 is 16.7 Å². The summed E-state index contributed by atoms with van der Waals surface area (Å²) in [5.74, 6) is 0.949. The molecule has 0 radical (unpaired) electrons. The molecule has 3 aromatic carbocycles. The van der Waals surface area contributed by atoms with Crippen LogP contribution >= 0.6 is 0 Å². The van der Waals surface area contributed by atoms with E-state index in [1.54, 1.807) is 0 Å². The number of rotatable bonds is 7. The summed E-state index contributed by atoms with van der Waals surface area (Å²) in [5, 5.41) is 5.48. The first-order chi connectivity index (χ1) is 15.3. The zero-order valence-electron chi connectivity index (χ0n) is 17.6. The number of nitrogens with one attached hydrogen (secondary N) is 1. The molecule has 1 saturated carbocycles. The van der Waals surface area contributed by atoms with Gasteiger partial charge in [0.15, 0.2) is 0 Å². The zero-order valence-corrected chi connectivity index (χ0v) is 17.6. The average molecular weight is 417 g/mol. The maximum Gasteiger partial charge on any atom is 0.253 e. The van der Waals surface area contributed by atoms with Crippen molar-refractivity contribution in [1.82, 2.24) is 10.2 Å². The van der Waals surface area contributed by atoms with E-state index in [-0.39, 0.29) is 12.0 Å². The highest BCUT2D eigenvalue weighted by Crippen LogP contribution is 2.33. The number of morpholine rings is 1. The van der Waals surface area contributed by atoms with Crippen LogP contribution in [0.2, 0.25) is 0 Å². The summed E-state index contributed by atoms with van der Waals surface area (Å²) in [6.45, 7) is 3.07. The van der Waals surface area contributed by atoms with Crippen LogP contribution in [0.15, 0.2) is 66.7 Å². The molecule has 1 saturated heterocycles. The third-order valence-electron chi connectivity index (χ3n) is 5.95. The molecule has 0 aromatic heterocycles. The molecule has 1 atom stereocenters. The Balaban J connectivity index is 1.40. The van der Waals surface area contributed by atoms with Gasteiger partial charge in [0.05, 0.1) is 6.61 Å². The van der Waals surface area contributed by atoms with Gasteiger partial charge in [0, 0.05) is 31.1 Å². The third kappa shape index (κ3) is 4.73. The minimum Gasteiger partial charge on any atom is -0.488 e. The van der Waals surface area contributed by atoms with Crippen molar-refractivity contribution in [2.75, 3.05) is 19.7 Å². The van der Waals surface area contributed by atoms with E-state index in [9.17, 15) is 4.79 Å². The number of carbonyl (C=O) groups excluding carboxylic acids is 1. The Bertz CT molecular complexity index is 1040. The number of hydrogen-bond acceptors (Lipinski definition) is 4. The van der Waals surface area contributed by atoms with E-state index >= 15 is 0 Å². The van der Waals surface area contributed by atoms with Crippen LogP contribution < -0.4 is 10.1 Å². The van der Waals surface area contributed by atoms with Crippen molar-refractivity contribution in [2.24, 2.45) is 0 Å². The second kappa shape index (κ2) is 9.08. The molecule has 2 fully saturated rings. The Labute approximate surface area is 183 Å². The second-order valence-corrected chi connectivity index (χ2v) is 8.35. The molecule has 0 unspecified atom stereocenters. The maximum atomic E-state index is 13.2. The SMILES string of the molecule is O=C([C@H]1CNCCO1)N(Cc1cc(OCc2ccccc2)c2ccccc2c1)C1CC1. The molecule has 1 N–H and O–H groups in total. The minimum absolute atomic E-state index is 0.0922. The molecule has 1 aliphatic carbocycles. The molecule has 1 aliphatic heterocycles. The summed E-state index contributed by atoms with van der Waals surface area (Å²) in [4.78, 5) is 15.2. The average Bonchev–Trinajstić information content (AvgIpc) is 3.67. The lowest BCUT2D eigenvalue weighted by Crippen LogP contribution is -2.49. The molecule has 2 aliphatic rings. The Morgan fingerprint density at radius 3 is 2.61 bits per heavy atom. The number of amides is 1. The molecule has 1 amide bonds. The summed E-state index contributed by atoms with van der Waals surface area (Å²) in [6, 6.07) is 23.0. The van der Waals surface area contributed by atoms with E-state index in [0.717, 1.165) is 47.0 Å². The summed E-state index contributed by atoms with van der Waals surface area (Å²) >= 11 is 0. The lowest BCUT2D eigenvalue weighted by atomic mass is 10.0. The number of hydrogen-bond donors (Lipinski definition) is 1. The Kier molecular flexibility index (Phi) is 5.87. The van der Waals surface area contributed by atoms with Gasteiger partial charge in [0.1, 0.15) is 18.5 Å². The van der Waals surface area contributed by atoms with Crippen LogP contribution in [0.3, 0.4) is 0 Å². The van der Waals surface area contributed by atoms with Gasteiger partial charge in [-0.15, -0.1) is 0 Å². The number of carbonyl (C=O) groups is 1. The highest BCUT2D eigenvalue weighted by molar-refractivity contribution is 5.89. The predicted molar refractivity (Wildman–Crippen MR) is 121 cm³/mol.